The molecular formula is H12O6P2S5. The van der Waals surface area contributed by atoms with Crippen molar-refractivity contribution in [3.8, 4) is 0 Å². The van der Waals surface area contributed by atoms with Gasteiger partial charge < -0.3 is 24.5 Å². The van der Waals surface area contributed by atoms with E-state index in [1.165, 1.54) is 0 Å². The Hall–Kier alpha value is 2.08. The van der Waals surface area contributed by atoms with Gasteiger partial charge in [0.1, 0.15) is 0 Å². The molecule has 0 amide bonds. The van der Waals surface area contributed by atoms with Crippen molar-refractivity contribution < 1.29 is 29.0 Å². The molecule has 0 heterocycles. The van der Waals surface area contributed by atoms with E-state index >= 15 is 0 Å². The Morgan fingerprint density at radius 3 is 0.923 bits per heavy atom. The van der Waals surface area contributed by atoms with Crippen LogP contribution < -0.4 is 0 Å². The van der Waals surface area contributed by atoms with Gasteiger partial charge in [-0.3, -0.25) is 0 Å². The molecule has 13 heteroatoms. The average molecular weight is 330 g/mol. The van der Waals surface area contributed by atoms with E-state index in [9.17, 15) is 4.57 Å². The molecule has 88 valence electrons. The first kappa shape index (κ1) is 29.4. The molecule has 0 saturated heterocycles. The summed E-state index contributed by atoms with van der Waals surface area (Å²) < 4.78 is 9.19. The monoisotopic (exact) mass is 330 g/mol. The summed E-state index contributed by atoms with van der Waals surface area (Å²) in [5, 5.41) is 0. The normalized spacial score (nSPS) is 9.08. The van der Waals surface area contributed by atoms with Crippen molar-refractivity contribution in [2.45, 2.75) is 0 Å². The second-order valence-electron chi connectivity index (χ2n) is 1.03. The summed E-state index contributed by atoms with van der Waals surface area (Å²) in [7, 11) is 0. The van der Waals surface area contributed by atoms with Gasteiger partial charge in [0.2, 0.25) is 0 Å². The molecule has 0 aliphatic rings. The number of rotatable bonds is 0. The smallest absolute Gasteiger partial charge is 0.325 e. The minimum absolute atomic E-state index is 0. The van der Waals surface area contributed by atoms with E-state index in [-0.39, 0.29) is 40.5 Å². The van der Waals surface area contributed by atoms with E-state index < -0.39 is 13.5 Å². The van der Waals surface area contributed by atoms with Crippen molar-refractivity contribution in [2.24, 2.45) is 0 Å². The standard InChI is InChI=1S/2H3O3PS.3H2S/c2*1-4(2,3)5;;;/h2*(H3,1,2,3,5);3*1H2. The third-order valence-electron chi connectivity index (χ3n) is 0. The van der Waals surface area contributed by atoms with Crippen LogP contribution in [0.2, 0.25) is 0 Å². The summed E-state index contributed by atoms with van der Waals surface area (Å²) in [5.74, 6) is 0. The van der Waals surface area contributed by atoms with Gasteiger partial charge in [-0.25, -0.2) is 4.57 Å². The molecule has 0 atom stereocenters. The number of thiol groups is 1. The Balaban J connectivity index is -0.0000000267. The molecule has 0 aromatic carbocycles. The highest BCUT2D eigenvalue weighted by Gasteiger charge is 1.97. The zero-order chi connectivity index (χ0) is 9.00. The maximum absolute atomic E-state index is 9.19. The first-order chi connectivity index (χ1) is 4.00. The predicted molar refractivity (Wildman–Crippen MR) is 73.1 cm³/mol. The van der Waals surface area contributed by atoms with E-state index in [2.05, 4.69) is 24.1 Å². The van der Waals surface area contributed by atoms with Crippen LogP contribution in [0.1, 0.15) is 0 Å². The van der Waals surface area contributed by atoms with E-state index in [1.807, 2.05) is 0 Å². The van der Waals surface area contributed by atoms with Gasteiger partial charge in [0, 0.05) is 0 Å². The molecule has 13 heavy (non-hydrogen) atoms. The van der Waals surface area contributed by atoms with Crippen LogP contribution in [0, 0.1) is 0 Å². The fraction of sp³-hybridized carbons (Fsp3) is 0. The lowest BCUT2D eigenvalue weighted by Gasteiger charge is -1.88. The van der Waals surface area contributed by atoms with E-state index in [0.29, 0.717) is 0 Å². The van der Waals surface area contributed by atoms with Gasteiger partial charge in [-0.1, -0.05) is 12.2 Å². The van der Waals surface area contributed by atoms with Crippen molar-refractivity contribution in [1.82, 2.24) is 0 Å². The van der Waals surface area contributed by atoms with Crippen LogP contribution in [0.15, 0.2) is 0 Å². The van der Waals surface area contributed by atoms with Crippen LogP contribution in [0.5, 0.6) is 0 Å². The fourth-order valence-electron chi connectivity index (χ4n) is 0. The Bertz CT molecular complexity index is 131. The van der Waals surface area contributed by atoms with Gasteiger partial charge >= 0.3 is 13.5 Å². The number of hydrogen-bond donors (Lipinski definition) is 6. The van der Waals surface area contributed by atoms with Gasteiger partial charge in [0.25, 0.3) is 0 Å². The van der Waals surface area contributed by atoms with Gasteiger partial charge in [-0.2, -0.15) is 40.5 Å². The third-order valence-corrected chi connectivity index (χ3v) is 0. The van der Waals surface area contributed by atoms with Gasteiger partial charge in [0.15, 0.2) is 0 Å². The lowest BCUT2D eigenvalue weighted by molar-refractivity contribution is 0.363. The molecule has 5 N–H and O–H groups in total. The third kappa shape index (κ3) is 475. The van der Waals surface area contributed by atoms with E-state index in [1.54, 1.807) is 0 Å². The zero-order valence-electron chi connectivity index (χ0n) is 5.89. The van der Waals surface area contributed by atoms with Crippen LogP contribution in [-0.4, -0.2) is 24.5 Å². The topological polar surface area (TPSA) is 118 Å². The highest BCUT2D eigenvalue weighted by atomic mass is 32.7. The molecule has 0 aliphatic carbocycles. The van der Waals surface area contributed by atoms with Crippen LogP contribution in [0.4, 0.5) is 0 Å². The van der Waals surface area contributed by atoms with Crippen molar-refractivity contribution in [1.29, 1.82) is 0 Å². The Morgan fingerprint density at radius 2 is 0.923 bits per heavy atom. The zero-order valence-corrected chi connectivity index (χ0v) is 12.4. The molecule has 0 aromatic rings. The minimum atomic E-state index is -3.94. The second-order valence-corrected chi connectivity index (χ2v) is 6.11. The molecule has 0 spiro atoms. The Labute approximate surface area is 107 Å². The Morgan fingerprint density at radius 1 is 0.923 bits per heavy atom. The molecule has 0 radical (unpaired) electrons. The highest BCUT2D eigenvalue weighted by molar-refractivity contribution is 8.43. The summed E-state index contributed by atoms with van der Waals surface area (Å²) in [6, 6.07) is 0. The molecular weight excluding hydrogens is 318 g/mol. The largest absolute Gasteiger partial charge is 0.380 e. The molecule has 0 bridgehead atoms. The summed E-state index contributed by atoms with van der Waals surface area (Å²) in [6.07, 6.45) is 0. The molecule has 0 aromatic heterocycles. The van der Waals surface area contributed by atoms with Gasteiger partial charge in [-0.05, 0) is 11.8 Å². The van der Waals surface area contributed by atoms with Crippen LogP contribution >= 0.6 is 66.3 Å². The average Bonchev–Trinajstić information content (AvgIpc) is 1.12. The van der Waals surface area contributed by atoms with Crippen LogP contribution in [-0.2, 0) is 16.4 Å². The molecule has 0 aliphatic heterocycles. The first-order valence-electron chi connectivity index (χ1n) is 1.57. The fourth-order valence-corrected chi connectivity index (χ4v) is 0. The van der Waals surface area contributed by atoms with Crippen molar-refractivity contribution in [3.63, 3.8) is 0 Å². The maximum Gasteiger partial charge on any atom is 0.380 e. The van der Waals surface area contributed by atoms with E-state index in [0.717, 1.165) is 0 Å². The summed E-state index contributed by atoms with van der Waals surface area (Å²) >= 11 is 6.39. The molecule has 0 saturated carbocycles. The SMILES string of the molecule is O=P(O)(O)S.OP(O)(O)=S.S.S.S. The second kappa shape index (κ2) is 12.2. The van der Waals surface area contributed by atoms with E-state index in [4.69, 9.17) is 24.5 Å². The number of hydrogen-bond acceptors (Lipinski definition) is 2. The van der Waals surface area contributed by atoms with Crippen LogP contribution in [0.3, 0.4) is 0 Å². The molecule has 0 fully saturated rings. The quantitative estimate of drug-likeness (QED) is 0.263. The Kier molecular flexibility index (Phi) is 27.5. The predicted octanol–water partition coefficient (Wildman–Crippen LogP) is -0.465. The molecule has 6 nitrogen and oxygen atoms in total. The summed E-state index contributed by atoms with van der Waals surface area (Å²) in [6.45, 7) is -7.75. The summed E-state index contributed by atoms with van der Waals surface area (Å²) in [5.41, 5.74) is 0. The lowest BCUT2D eigenvalue weighted by atomic mass is 15.8. The molecule has 0 rings (SSSR count). The first-order valence-corrected chi connectivity index (χ1v) is 6.99. The molecule has 0 unspecified atom stereocenters. The van der Waals surface area contributed by atoms with Crippen molar-refractivity contribution in [2.75, 3.05) is 0 Å². The van der Waals surface area contributed by atoms with Crippen molar-refractivity contribution >= 4 is 78.1 Å². The van der Waals surface area contributed by atoms with Gasteiger partial charge in [0.05, 0.1) is 0 Å². The lowest BCUT2D eigenvalue weighted by Crippen LogP contribution is -1.65. The highest BCUT2D eigenvalue weighted by Crippen LogP contribution is 2.39. The minimum Gasteiger partial charge on any atom is -0.325 e. The van der Waals surface area contributed by atoms with Gasteiger partial charge in [-0.15, -0.1) is 0 Å². The van der Waals surface area contributed by atoms with Crippen LogP contribution in [0.25, 0.3) is 0 Å². The maximum atomic E-state index is 9.19. The summed E-state index contributed by atoms with van der Waals surface area (Å²) in [4.78, 5) is 37.7. The van der Waals surface area contributed by atoms with Crippen molar-refractivity contribution in [3.05, 3.63) is 0 Å².